The number of halogens is 1. The van der Waals surface area contributed by atoms with Crippen molar-refractivity contribution in [3.63, 3.8) is 0 Å². The van der Waals surface area contributed by atoms with E-state index in [4.69, 9.17) is 0 Å². The number of thiophene rings is 1. The van der Waals surface area contributed by atoms with Crippen LogP contribution < -0.4 is 9.62 Å². The zero-order chi connectivity index (χ0) is 15.5. The van der Waals surface area contributed by atoms with Crippen LogP contribution in [0, 0.1) is 5.82 Å². The molecule has 0 atom stereocenters. The third-order valence-corrected chi connectivity index (χ3v) is 5.85. The lowest BCUT2D eigenvalue weighted by molar-refractivity contribution is -0.119. The summed E-state index contributed by atoms with van der Waals surface area (Å²) in [5.41, 5.74) is 0.104. The van der Waals surface area contributed by atoms with Gasteiger partial charge >= 0.3 is 0 Å². The van der Waals surface area contributed by atoms with Crippen molar-refractivity contribution in [2.75, 3.05) is 17.9 Å². The number of amides is 1. The molecule has 0 spiro atoms. The van der Waals surface area contributed by atoms with Gasteiger partial charge in [-0.2, -0.15) is 0 Å². The molecule has 1 N–H and O–H groups in total. The number of carbonyl (C=O) groups excluding carboxylic acids is 1. The Labute approximate surface area is 126 Å². The Hall–Kier alpha value is -1.93. The molecule has 0 radical (unpaired) electrons. The Morgan fingerprint density at radius 2 is 2.10 bits per heavy atom. The minimum atomic E-state index is -3.91. The number of benzene rings is 1. The normalized spacial score (nSPS) is 11.1. The van der Waals surface area contributed by atoms with E-state index < -0.39 is 28.3 Å². The molecule has 0 bridgehead atoms. The standard InChI is InChI=1S/C13H13FN2O3S2/c1-15-12(17)9-16(11-5-2-4-10(14)8-11)21(18,19)13-6-3-7-20-13/h2-8H,9H2,1H3,(H,15,17). The summed E-state index contributed by atoms with van der Waals surface area (Å²) in [7, 11) is -2.50. The van der Waals surface area contributed by atoms with Gasteiger partial charge in [0.05, 0.1) is 5.69 Å². The highest BCUT2D eigenvalue weighted by molar-refractivity contribution is 7.94. The fraction of sp³-hybridized carbons (Fsp3) is 0.154. The van der Waals surface area contributed by atoms with Crippen LogP contribution in [0.1, 0.15) is 0 Å². The smallest absolute Gasteiger partial charge is 0.274 e. The highest BCUT2D eigenvalue weighted by atomic mass is 32.2. The molecule has 0 saturated heterocycles. The number of anilines is 1. The van der Waals surface area contributed by atoms with E-state index in [1.165, 1.54) is 31.3 Å². The minimum Gasteiger partial charge on any atom is -0.358 e. The third-order valence-electron chi connectivity index (χ3n) is 2.70. The number of rotatable bonds is 5. The highest BCUT2D eigenvalue weighted by Crippen LogP contribution is 2.26. The van der Waals surface area contributed by atoms with Gasteiger partial charge in [0, 0.05) is 7.05 Å². The van der Waals surface area contributed by atoms with E-state index in [0.717, 1.165) is 21.7 Å². The molecular weight excluding hydrogens is 315 g/mol. The van der Waals surface area contributed by atoms with Crippen molar-refractivity contribution in [1.29, 1.82) is 0 Å². The average molecular weight is 328 g/mol. The number of sulfonamides is 1. The molecule has 2 rings (SSSR count). The van der Waals surface area contributed by atoms with Crippen molar-refractivity contribution in [3.8, 4) is 0 Å². The van der Waals surface area contributed by atoms with Crippen LogP contribution in [-0.2, 0) is 14.8 Å². The van der Waals surface area contributed by atoms with Gasteiger partial charge in [-0.3, -0.25) is 9.10 Å². The van der Waals surface area contributed by atoms with Gasteiger partial charge in [0.15, 0.2) is 0 Å². The molecule has 1 amide bonds. The zero-order valence-corrected chi connectivity index (χ0v) is 12.7. The van der Waals surface area contributed by atoms with E-state index in [2.05, 4.69) is 5.32 Å². The van der Waals surface area contributed by atoms with Gasteiger partial charge in [-0.1, -0.05) is 12.1 Å². The van der Waals surface area contributed by atoms with E-state index in [1.807, 2.05) is 0 Å². The monoisotopic (exact) mass is 328 g/mol. The number of nitrogens with zero attached hydrogens (tertiary/aromatic N) is 1. The number of carbonyl (C=O) groups is 1. The first-order valence-electron chi connectivity index (χ1n) is 5.97. The van der Waals surface area contributed by atoms with E-state index >= 15 is 0 Å². The second-order valence-corrected chi connectivity index (χ2v) is 7.13. The Bertz CT molecular complexity index is 730. The molecule has 0 aliphatic rings. The summed E-state index contributed by atoms with van der Waals surface area (Å²) < 4.78 is 39.5. The lowest BCUT2D eigenvalue weighted by atomic mass is 10.3. The molecule has 0 aliphatic heterocycles. The predicted molar refractivity (Wildman–Crippen MR) is 79.3 cm³/mol. The molecule has 1 heterocycles. The molecular formula is C13H13FN2O3S2. The molecule has 0 fully saturated rings. The lowest BCUT2D eigenvalue weighted by Gasteiger charge is -2.22. The third kappa shape index (κ3) is 3.40. The van der Waals surface area contributed by atoms with Crippen LogP contribution in [0.15, 0.2) is 46.0 Å². The van der Waals surface area contributed by atoms with Crippen LogP contribution in [0.5, 0.6) is 0 Å². The SMILES string of the molecule is CNC(=O)CN(c1cccc(F)c1)S(=O)(=O)c1cccs1. The van der Waals surface area contributed by atoms with E-state index in [0.29, 0.717) is 0 Å². The van der Waals surface area contributed by atoms with Crippen LogP contribution in [0.2, 0.25) is 0 Å². The fourth-order valence-corrected chi connectivity index (χ4v) is 4.19. The maximum absolute atomic E-state index is 13.4. The Kier molecular flexibility index (Phi) is 4.59. The predicted octanol–water partition coefficient (Wildman–Crippen LogP) is 1.83. The average Bonchev–Trinajstić information content (AvgIpc) is 2.99. The zero-order valence-electron chi connectivity index (χ0n) is 11.1. The highest BCUT2D eigenvalue weighted by Gasteiger charge is 2.27. The Balaban J connectivity index is 2.49. The van der Waals surface area contributed by atoms with Gasteiger partial charge in [0.2, 0.25) is 5.91 Å². The molecule has 0 aliphatic carbocycles. The molecule has 1 aromatic heterocycles. The van der Waals surface area contributed by atoms with Crippen molar-refractivity contribution < 1.29 is 17.6 Å². The summed E-state index contributed by atoms with van der Waals surface area (Å²) in [6.45, 7) is -0.416. The van der Waals surface area contributed by atoms with Crippen molar-refractivity contribution in [2.24, 2.45) is 0 Å². The summed E-state index contributed by atoms with van der Waals surface area (Å²) in [5, 5.41) is 3.98. The maximum Gasteiger partial charge on any atom is 0.274 e. The molecule has 0 saturated carbocycles. The number of hydrogen-bond donors (Lipinski definition) is 1. The van der Waals surface area contributed by atoms with Gasteiger partial charge in [-0.15, -0.1) is 11.3 Å². The Morgan fingerprint density at radius 3 is 2.67 bits per heavy atom. The lowest BCUT2D eigenvalue weighted by Crippen LogP contribution is -2.39. The number of nitrogens with one attached hydrogen (secondary N) is 1. The first-order chi connectivity index (χ1) is 9.95. The number of likely N-dealkylation sites (N-methyl/N-ethyl adjacent to an activating group) is 1. The van der Waals surface area contributed by atoms with Crippen LogP contribution in [-0.4, -0.2) is 27.9 Å². The van der Waals surface area contributed by atoms with Crippen LogP contribution in [0.4, 0.5) is 10.1 Å². The van der Waals surface area contributed by atoms with Gasteiger partial charge in [-0.25, -0.2) is 12.8 Å². The van der Waals surface area contributed by atoms with Gasteiger partial charge in [-0.05, 0) is 29.6 Å². The van der Waals surface area contributed by atoms with Gasteiger partial charge < -0.3 is 5.32 Å². The van der Waals surface area contributed by atoms with Crippen molar-refractivity contribution in [2.45, 2.75) is 4.21 Å². The summed E-state index contributed by atoms with van der Waals surface area (Å²) in [4.78, 5) is 11.6. The van der Waals surface area contributed by atoms with Crippen molar-refractivity contribution in [3.05, 3.63) is 47.6 Å². The second-order valence-electron chi connectivity index (χ2n) is 4.10. The summed E-state index contributed by atoms with van der Waals surface area (Å²) in [6, 6.07) is 8.16. The van der Waals surface area contributed by atoms with Gasteiger partial charge in [0.25, 0.3) is 10.0 Å². The van der Waals surface area contributed by atoms with Crippen LogP contribution in [0.3, 0.4) is 0 Å². The Morgan fingerprint density at radius 1 is 1.33 bits per heavy atom. The molecule has 112 valence electrons. The van der Waals surface area contributed by atoms with E-state index in [9.17, 15) is 17.6 Å². The summed E-state index contributed by atoms with van der Waals surface area (Å²) in [6.07, 6.45) is 0. The molecule has 8 heteroatoms. The van der Waals surface area contributed by atoms with Crippen LogP contribution >= 0.6 is 11.3 Å². The van der Waals surface area contributed by atoms with Crippen molar-refractivity contribution >= 4 is 33.0 Å². The fourth-order valence-electron chi connectivity index (χ4n) is 1.67. The maximum atomic E-state index is 13.4. The minimum absolute atomic E-state index is 0.0932. The molecule has 0 unspecified atom stereocenters. The topological polar surface area (TPSA) is 66.5 Å². The first-order valence-corrected chi connectivity index (χ1v) is 8.29. The second kappa shape index (κ2) is 6.23. The summed E-state index contributed by atoms with van der Waals surface area (Å²) in [5.74, 6) is -1.06. The van der Waals surface area contributed by atoms with Gasteiger partial charge in [0.1, 0.15) is 16.6 Å². The van der Waals surface area contributed by atoms with E-state index in [1.54, 1.807) is 11.4 Å². The van der Waals surface area contributed by atoms with Crippen molar-refractivity contribution in [1.82, 2.24) is 5.32 Å². The number of hydrogen-bond acceptors (Lipinski definition) is 4. The summed E-state index contributed by atoms with van der Waals surface area (Å²) >= 11 is 1.04. The molecule has 1 aromatic carbocycles. The molecule has 21 heavy (non-hydrogen) atoms. The molecule has 5 nitrogen and oxygen atoms in total. The van der Waals surface area contributed by atoms with E-state index in [-0.39, 0.29) is 9.90 Å². The van der Waals surface area contributed by atoms with Crippen LogP contribution in [0.25, 0.3) is 0 Å². The quantitative estimate of drug-likeness (QED) is 0.910. The largest absolute Gasteiger partial charge is 0.358 e. The first kappa shape index (κ1) is 15.5. The molecule has 2 aromatic rings.